The molecule has 0 amide bonds. The number of hydrogen-bond donors (Lipinski definition) is 1. The summed E-state index contributed by atoms with van der Waals surface area (Å²) in [4.78, 5) is 4.26. The third-order valence-electron chi connectivity index (χ3n) is 2.65. The molecule has 0 radical (unpaired) electrons. The van der Waals surface area contributed by atoms with Gasteiger partial charge in [0.1, 0.15) is 5.60 Å². The van der Waals surface area contributed by atoms with Gasteiger partial charge in [-0.15, -0.1) is 0 Å². The number of rotatable bonds is 3. The fourth-order valence-corrected chi connectivity index (χ4v) is 1.93. The van der Waals surface area contributed by atoms with Gasteiger partial charge in [-0.1, -0.05) is 18.2 Å². The first-order valence-electron chi connectivity index (χ1n) is 5.21. The highest BCUT2D eigenvalue weighted by Gasteiger charge is 2.24. The summed E-state index contributed by atoms with van der Waals surface area (Å²) in [5.74, 6) is 0. The van der Waals surface area contributed by atoms with Crippen LogP contribution >= 0.6 is 0 Å². The Bertz CT molecular complexity index is 489. The summed E-state index contributed by atoms with van der Waals surface area (Å²) < 4.78 is 5.04. The zero-order chi connectivity index (χ0) is 11.6. The second-order valence-corrected chi connectivity index (χ2v) is 4.08. The summed E-state index contributed by atoms with van der Waals surface area (Å²) in [6.45, 7) is 2.01. The first-order valence-corrected chi connectivity index (χ1v) is 5.21. The van der Waals surface area contributed by atoms with Crippen LogP contribution in [0.3, 0.4) is 0 Å². The molecule has 2 rings (SSSR count). The monoisotopic (exact) mass is 217 g/mol. The number of nitrogens with zero attached hydrogens (tertiary/aromatic N) is 1. The van der Waals surface area contributed by atoms with E-state index in [9.17, 15) is 5.11 Å². The maximum absolute atomic E-state index is 10.3. The molecule has 0 saturated heterocycles. The quantitative estimate of drug-likeness (QED) is 0.856. The van der Waals surface area contributed by atoms with Crippen LogP contribution in [0.4, 0.5) is 0 Å². The van der Waals surface area contributed by atoms with Crippen LogP contribution in [0.2, 0.25) is 0 Å². The van der Waals surface area contributed by atoms with Crippen molar-refractivity contribution in [2.75, 3.05) is 13.7 Å². The molecule has 1 aromatic carbocycles. The van der Waals surface area contributed by atoms with Crippen molar-refractivity contribution in [3.8, 4) is 0 Å². The largest absolute Gasteiger partial charge is 0.383 e. The average molecular weight is 217 g/mol. The van der Waals surface area contributed by atoms with Gasteiger partial charge in [0.15, 0.2) is 0 Å². The Morgan fingerprint density at radius 1 is 1.31 bits per heavy atom. The minimum atomic E-state index is -0.989. The average Bonchev–Trinajstić information content (AvgIpc) is 2.28. The van der Waals surface area contributed by atoms with E-state index >= 15 is 0 Å². The highest BCUT2D eigenvalue weighted by atomic mass is 16.5. The summed E-state index contributed by atoms with van der Waals surface area (Å²) >= 11 is 0. The SMILES string of the molecule is COCC(C)(O)c1cccc2ncccc12. The van der Waals surface area contributed by atoms with Crippen LogP contribution in [0, 0.1) is 0 Å². The number of methoxy groups -OCH3 is 1. The number of ether oxygens (including phenoxy) is 1. The van der Waals surface area contributed by atoms with E-state index in [0.717, 1.165) is 16.5 Å². The van der Waals surface area contributed by atoms with Crippen molar-refractivity contribution in [2.24, 2.45) is 0 Å². The van der Waals surface area contributed by atoms with E-state index in [1.54, 1.807) is 20.2 Å². The molecule has 3 nitrogen and oxygen atoms in total. The predicted octanol–water partition coefficient (Wildman–Crippen LogP) is 2.09. The summed E-state index contributed by atoms with van der Waals surface area (Å²) in [5, 5.41) is 11.3. The Labute approximate surface area is 94.7 Å². The summed E-state index contributed by atoms with van der Waals surface area (Å²) in [6, 6.07) is 9.57. The highest BCUT2D eigenvalue weighted by Crippen LogP contribution is 2.27. The zero-order valence-corrected chi connectivity index (χ0v) is 9.47. The molecule has 84 valence electrons. The van der Waals surface area contributed by atoms with Gasteiger partial charge in [-0.2, -0.15) is 0 Å². The maximum Gasteiger partial charge on any atom is 0.111 e. The van der Waals surface area contributed by atoms with Gasteiger partial charge >= 0.3 is 0 Å². The van der Waals surface area contributed by atoms with E-state index in [-0.39, 0.29) is 6.61 Å². The second-order valence-electron chi connectivity index (χ2n) is 4.08. The molecule has 16 heavy (non-hydrogen) atoms. The topological polar surface area (TPSA) is 42.4 Å². The number of benzene rings is 1. The molecule has 1 N–H and O–H groups in total. The molecule has 1 unspecified atom stereocenters. The number of hydrogen-bond acceptors (Lipinski definition) is 3. The third-order valence-corrected chi connectivity index (χ3v) is 2.65. The van der Waals surface area contributed by atoms with Crippen LogP contribution in [0.25, 0.3) is 10.9 Å². The standard InChI is InChI=1S/C13H15NO2/c1-13(15,9-16-2)11-6-3-7-12-10(11)5-4-8-14-12/h3-8,15H,9H2,1-2H3. The first-order chi connectivity index (χ1) is 7.65. The van der Waals surface area contributed by atoms with E-state index in [1.807, 2.05) is 30.3 Å². The van der Waals surface area contributed by atoms with Crippen molar-refractivity contribution in [3.63, 3.8) is 0 Å². The number of pyridine rings is 1. The normalized spacial score (nSPS) is 14.9. The lowest BCUT2D eigenvalue weighted by molar-refractivity contribution is -0.0197. The molecule has 3 heteroatoms. The Kier molecular flexibility index (Phi) is 2.90. The van der Waals surface area contributed by atoms with Crippen molar-refractivity contribution >= 4 is 10.9 Å². The Morgan fingerprint density at radius 2 is 2.12 bits per heavy atom. The van der Waals surface area contributed by atoms with Gasteiger partial charge < -0.3 is 9.84 Å². The second kappa shape index (κ2) is 4.20. The maximum atomic E-state index is 10.3. The summed E-state index contributed by atoms with van der Waals surface area (Å²) in [5.41, 5.74) is 0.744. The fraction of sp³-hybridized carbons (Fsp3) is 0.308. The van der Waals surface area contributed by atoms with E-state index in [4.69, 9.17) is 4.74 Å². The molecular weight excluding hydrogens is 202 g/mol. The Balaban J connectivity index is 2.60. The number of aromatic nitrogens is 1. The van der Waals surface area contributed by atoms with Crippen molar-refractivity contribution < 1.29 is 9.84 Å². The fourth-order valence-electron chi connectivity index (χ4n) is 1.93. The molecule has 1 heterocycles. The van der Waals surface area contributed by atoms with Crippen molar-refractivity contribution in [2.45, 2.75) is 12.5 Å². The van der Waals surface area contributed by atoms with Crippen LogP contribution in [0.5, 0.6) is 0 Å². The van der Waals surface area contributed by atoms with Crippen LogP contribution in [-0.4, -0.2) is 23.8 Å². The lowest BCUT2D eigenvalue weighted by Gasteiger charge is -2.24. The zero-order valence-electron chi connectivity index (χ0n) is 9.47. The Morgan fingerprint density at radius 3 is 2.88 bits per heavy atom. The Hall–Kier alpha value is -1.45. The van der Waals surface area contributed by atoms with E-state index in [2.05, 4.69) is 4.98 Å². The van der Waals surface area contributed by atoms with Crippen LogP contribution < -0.4 is 0 Å². The lowest BCUT2D eigenvalue weighted by Crippen LogP contribution is -2.27. The van der Waals surface area contributed by atoms with Gasteiger partial charge in [0.25, 0.3) is 0 Å². The molecule has 0 aliphatic carbocycles. The number of fused-ring (bicyclic) bond motifs is 1. The van der Waals surface area contributed by atoms with Gasteiger partial charge in [0, 0.05) is 18.7 Å². The molecule has 0 saturated carbocycles. The third kappa shape index (κ3) is 1.92. The number of aliphatic hydroxyl groups is 1. The molecular formula is C13H15NO2. The van der Waals surface area contributed by atoms with Gasteiger partial charge in [-0.3, -0.25) is 4.98 Å². The lowest BCUT2D eigenvalue weighted by atomic mass is 9.93. The van der Waals surface area contributed by atoms with Gasteiger partial charge in [0.05, 0.1) is 12.1 Å². The smallest absolute Gasteiger partial charge is 0.111 e. The van der Waals surface area contributed by atoms with Crippen molar-refractivity contribution in [1.29, 1.82) is 0 Å². The molecule has 0 aliphatic rings. The molecule has 2 aromatic rings. The minimum Gasteiger partial charge on any atom is -0.383 e. The van der Waals surface area contributed by atoms with Gasteiger partial charge in [0.2, 0.25) is 0 Å². The molecule has 0 aliphatic heterocycles. The minimum absolute atomic E-state index is 0.265. The highest BCUT2D eigenvalue weighted by molar-refractivity contribution is 5.82. The van der Waals surface area contributed by atoms with Gasteiger partial charge in [-0.05, 0) is 24.6 Å². The first kappa shape index (κ1) is 11.0. The van der Waals surface area contributed by atoms with Crippen molar-refractivity contribution in [1.82, 2.24) is 4.98 Å². The van der Waals surface area contributed by atoms with Crippen LogP contribution in [0.1, 0.15) is 12.5 Å². The van der Waals surface area contributed by atoms with Gasteiger partial charge in [-0.25, -0.2) is 0 Å². The summed E-state index contributed by atoms with van der Waals surface area (Å²) in [6.07, 6.45) is 1.75. The van der Waals surface area contributed by atoms with Crippen LogP contribution in [-0.2, 0) is 10.3 Å². The van der Waals surface area contributed by atoms with Crippen LogP contribution in [0.15, 0.2) is 36.5 Å². The molecule has 0 bridgehead atoms. The molecule has 0 fully saturated rings. The van der Waals surface area contributed by atoms with Crippen molar-refractivity contribution in [3.05, 3.63) is 42.1 Å². The molecule has 1 aromatic heterocycles. The van der Waals surface area contributed by atoms with E-state index in [0.29, 0.717) is 0 Å². The molecule has 1 atom stereocenters. The molecule has 0 spiro atoms. The summed E-state index contributed by atoms with van der Waals surface area (Å²) in [7, 11) is 1.58. The predicted molar refractivity (Wildman–Crippen MR) is 63.2 cm³/mol. The van der Waals surface area contributed by atoms with E-state index in [1.165, 1.54) is 0 Å². The van der Waals surface area contributed by atoms with E-state index < -0.39 is 5.60 Å².